The summed E-state index contributed by atoms with van der Waals surface area (Å²) in [5, 5.41) is 17.4. The fourth-order valence-electron chi connectivity index (χ4n) is 2.24. The minimum absolute atomic E-state index is 0.128. The van der Waals surface area contributed by atoms with Crippen LogP contribution in [-0.4, -0.2) is 48.9 Å². The van der Waals surface area contributed by atoms with Gasteiger partial charge in [-0.25, -0.2) is 13.1 Å². The first kappa shape index (κ1) is 23.3. The standard InChI is InChI=1S/C10H13NO4S.C9H11NO2/c1-16(14,15)11-9(10(12)13)7-8-5-3-2-4-6-8;10-8(9(11)12)6-7-4-2-1-3-5-7/h2-6,9,11H,7H2,1H3,(H,12,13);1-5,8H,6,10H2,(H,11,12)/t9-;8-/m11/s1. The van der Waals surface area contributed by atoms with Crippen LogP contribution in [0.15, 0.2) is 60.7 Å². The van der Waals surface area contributed by atoms with E-state index in [4.69, 9.17) is 15.9 Å². The number of nitrogens with one attached hydrogen (secondary N) is 1. The number of benzene rings is 2. The molecule has 5 N–H and O–H groups in total. The van der Waals surface area contributed by atoms with Gasteiger partial charge in [0.05, 0.1) is 6.26 Å². The Labute approximate surface area is 164 Å². The van der Waals surface area contributed by atoms with Crippen LogP contribution in [0.1, 0.15) is 11.1 Å². The molecule has 0 aliphatic rings. The van der Waals surface area contributed by atoms with Crippen LogP contribution in [0, 0.1) is 0 Å². The number of carbonyl (C=O) groups is 2. The van der Waals surface area contributed by atoms with Crippen molar-refractivity contribution in [1.82, 2.24) is 4.72 Å². The number of hydrogen-bond donors (Lipinski definition) is 4. The average molecular weight is 408 g/mol. The molecule has 2 atom stereocenters. The number of carboxylic acid groups (broad SMARTS) is 2. The molecule has 0 aliphatic heterocycles. The zero-order valence-electron chi connectivity index (χ0n) is 15.4. The van der Waals surface area contributed by atoms with Crippen molar-refractivity contribution in [3.63, 3.8) is 0 Å². The molecule has 0 saturated carbocycles. The van der Waals surface area contributed by atoms with Gasteiger partial charge in [-0.1, -0.05) is 60.7 Å². The quantitative estimate of drug-likeness (QED) is 0.507. The highest BCUT2D eigenvalue weighted by atomic mass is 32.2. The first-order valence-electron chi connectivity index (χ1n) is 8.35. The van der Waals surface area contributed by atoms with Gasteiger partial charge in [0.1, 0.15) is 12.1 Å². The van der Waals surface area contributed by atoms with E-state index < -0.39 is 34.0 Å². The molecular formula is C19H24N2O6S. The van der Waals surface area contributed by atoms with Gasteiger partial charge >= 0.3 is 11.9 Å². The summed E-state index contributed by atoms with van der Waals surface area (Å²) in [6, 6.07) is 16.3. The molecule has 28 heavy (non-hydrogen) atoms. The topological polar surface area (TPSA) is 147 Å². The van der Waals surface area contributed by atoms with Crippen molar-refractivity contribution in [2.24, 2.45) is 5.73 Å². The molecule has 0 amide bonds. The van der Waals surface area contributed by atoms with Gasteiger partial charge in [0, 0.05) is 0 Å². The van der Waals surface area contributed by atoms with Gasteiger partial charge in [-0.15, -0.1) is 0 Å². The Morgan fingerprint density at radius 2 is 1.32 bits per heavy atom. The SMILES string of the molecule is CS(=O)(=O)N[C@H](Cc1ccccc1)C(=O)O.N[C@H](Cc1ccccc1)C(=O)O. The van der Waals surface area contributed by atoms with E-state index in [1.807, 2.05) is 36.4 Å². The summed E-state index contributed by atoms with van der Waals surface area (Å²) in [4.78, 5) is 21.2. The second-order valence-corrected chi connectivity index (χ2v) is 7.89. The predicted octanol–water partition coefficient (Wildman–Crippen LogP) is 0.873. The molecule has 2 rings (SSSR count). The lowest BCUT2D eigenvalue weighted by Crippen LogP contribution is -2.41. The van der Waals surface area contributed by atoms with Crippen molar-refractivity contribution in [1.29, 1.82) is 0 Å². The summed E-state index contributed by atoms with van der Waals surface area (Å²) >= 11 is 0. The number of rotatable bonds is 8. The predicted molar refractivity (Wildman–Crippen MR) is 105 cm³/mol. The molecule has 0 radical (unpaired) electrons. The van der Waals surface area contributed by atoms with E-state index in [1.165, 1.54) is 0 Å². The van der Waals surface area contributed by atoms with E-state index >= 15 is 0 Å². The third kappa shape index (κ3) is 9.81. The van der Waals surface area contributed by atoms with Crippen molar-refractivity contribution in [3.05, 3.63) is 71.8 Å². The highest BCUT2D eigenvalue weighted by Crippen LogP contribution is 2.04. The summed E-state index contributed by atoms with van der Waals surface area (Å²) in [7, 11) is -3.52. The van der Waals surface area contributed by atoms with Gasteiger partial charge < -0.3 is 15.9 Å². The fraction of sp³-hybridized carbons (Fsp3) is 0.263. The lowest BCUT2D eigenvalue weighted by Gasteiger charge is -2.12. The summed E-state index contributed by atoms with van der Waals surface area (Å²) in [6.45, 7) is 0. The fourth-order valence-corrected chi connectivity index (χ4v) is 2.94. The van der Waals surface area contributed by atoms with Crippen LogP contribution in [-0.2, 0) is 32.5 Å². The molecule has 0 heterocycles. The summed E-state index contributed by atoms with van der Waals surface area (Å²) in [6.07, 6.45) is 1.45. The van der Waals surface area contributed by atoms with Gasteiger partial charge in [-0.05, 0) is 24.0 Å². The van der Waals surface area contributed by atoms with E-state index in [0.29, 0.717) is 6.42 Å². The number of nitrogens with two attached hydrogens (primary N) is 1. The molecule has 0 unspecified atom stereocenters. The van der Waals surface area contributed by atoms with Gasteiger partial charge in [-0.3, -0.25) is 9.59 Å². The Balaban J connectivity index is 0.000000292. The average Bonchev–Trinajstić information content (AvgIpc) is 2.62. The lowest BCUT2D eigenvalue weighted by molar-refractivity contribution is -0.139. The highest BCUT2D eigenvalue weighted by Gasteiger charge is 2.21. The Bertz CT molecular complexity index is 857. The van der Waals surface area contributed by atoms with Crippen LogP contribution < -0.4 is 10.5 Å². The summed E-state index contributed by atoms with van der Waals surface area (Å²) < 4.78 is 24.0. The summed E-state index contributed by atoms with van der Waals surface area (Å²) in [5.41, 5.74) is 7.07. The van der Waals surface area contributed by atoms with Crippen LogP contribution in [0.5, 0.6) is 0 Å². The van der Waals surface area contributed by atoms with Gasteiger partial charge in [-0.2, -0.15) is 0 Å². The van der Waals surface area contributed by atoms with E-state index in [2.05, 4.69) is 4.72 Å². The van der Waals surface area contributed by atoms with Crippen LogP contribution in [0.4, 0.5) is 0 Å². The zero-order chi connectivity index (χ0) is 21.2. The minimum atomic E-state index is -3.52. The Morgan fingerprint density at radius 3 is 1.68 bits per heavy atom. The maximum atomic E-state index is 11.0. The molecule has 2 aromatic rings. The molecular weight excluding hydrogens is 384 g/mol. The molecule has 0 spiro atoms. The van der Waals surface area contributed by atoms with E-state index in [1.54, 1.807) is 24.3 Å². The monoisotopic (exact) mass is 408 g/mol. The maximum absolute atomic E-state index is 11.0. The Kier molecular flexibility index (Phi) is 9.29. The molecule has 0 aliphatic carbocycles. The Morgan fingerprint density at radius 1 is 0.893 bits per heavy atom. The van der Waals surface area contributed by atoms with Gasteiger partial charge in [0.15, 0.2) is 0 Å². The molecule has 0 bridgehead atoms. The van der Waals surface area contributed by atoms with Crippen LogP contribution in [0.2, 0.25) is 0 Å². The molecule has 0 aromatic heterocycles. The molecule has 8 nitrogen and oxygen atoms in total. The molecule has 0 fully saturated rings. The van der Waals surface area contributed by atoms with Crippen molar-refractivity contribution >= 4 is 22.0 Å². The van der Waals surface area contributed by atoms with Gasteiger partial charge in [0.25, 0.3) is 0 Å². The van der Waals surface area contributed by atoms with Gasteiger partial charge in [0.2, 0.25) is 10.0 Å². The number of carboxylic acids is 2. The number of aliphatic carboxylic acids is 2. The molecule has 9 heteroatoms. The smallest absolute Gasteiger partial charge is 0.322 e. The minimum Gasteiger partial charge on any atom is -0.480 e. The first-order chi connectivity index (χ1) is 13.1. The molecule has 152 valence electrons. The van der Waals surface area contributed by atoms with E-state index in [0.717, 1.165) is 17.4 Å². The Hall–Kier alpha value is -2.75. The molecule has 0 saturated heterocycles. The normalized spacial score (nSPS) is 12.9. The van der Waals surface area contributed by atoms with Crippen molar-refractivity contribution in [2.45, 2.75) is 24.9 Å². The van der Waals surface area contributed by atoms with E-state index in [-0.39, 0.29) is 6.42 Å². The van der Waals surface area contributed by atoms with Crippen molar-refractivity contribution in [2.75, 3.05) is 6.26 Å². The van der Waals surface area contributed by atoms with E-state index in [9.17, 15) is 18.0 Å². The maximum Gasteiger partial charge on any atom is 0.322 e. The van der Waals surface area contributed by atoms with Crippen molar-refractivity contribution in [3.8, 4) is 0 Å². The summed E-state index contributed by atoms with van der Waals surface area (Å²) in [5.74, 6) is -2.15. The number of sulfonamides is 1. The van der Waals surface area contributed by atoms with Crippen LogP contribution in [0.25, 0.3) is 0 Å². The lowest BCUT2D eigenvalue weighted by atomic mass is 10.1. The van der Waals surface area contributed by atoms with Crippen molar-refractivity contribution < 1.29 is 28.2 Å². The van der Waals surface area contributed by atoms with Crippen LogP contribution >= 0.6 is 0 Å². The third-order valence-corrected chi connectivity index (χ3v) is 4.27. The van der Waals surface area contributed by atoms with Crippen LogP contribution in [0.3, 0.4) is 0 Å². The second-order valence-electron chi connectivity index (χ2n) is 6.11. The molecule has 2 aromatic carbocycles. The third-order valence-electron chi connectivity index (χ3n) is 3.55. The largest absolute Gasteiger partial charge is 0.480 e. The number of hydrogen-bond acceptors (Lipinski definition) is 5. The zero-order valence-corrected chi connectivity index (χ0v) is 16.2. The first-order valence-corrected chi connectivity index (χ1v) is 10.2. The highest BCUT2D eigenvalue weighted by molar-refractivity contribution is 7.88. The second kappa shape index (κ2) is 11.2.